The van der Waals surface area contributed by atoms with Gasteiger partial charge < -0.3 is 20.6 Å². The SMILES string of the molecule is CCNC(=O)C(C)NC(=O)N1CCC(C(=O)O)CC1. The molecule has 0 bridgehead atoms. The fourth-order valence-electron chi connectivity index (χ4n) is 2.00. The van der Waals surface area contributed by atoms with Crippen LogP contribution in [-0.2, 0) is 9.59 Å². The first kappa shape index (κ1) is 15.3. The molecule has 1 atom stereocenters. The zero-order chi connectivity index (χ0) is 14.4. The van der Waals surface area contributed by atoms with Gasteiger partial charge in [0.15, 0.2) is 0 Å². The topological polar surface area (TPSA) is 98.7 Å². The predicted molar refractivity (Wildman–Crippen MR) is 68.6 cm³/mol. The van der Waals surface area contributed by atoms with Crippen molar-refractivity contribution in [1.29, 1.82) is 0 Å². The average Bonchev–Trinajstić information content (AvgIpc) is 2.38. The molecule has 3 amide bonds. The summed E-state index contributed by atoms with van der Waals surface area (Å²) in [6.07, 6.45) is 0.913. The summed E-state index contributed by atoms with van der Waals surface area (Å²) in [7, 11) is 0. The van der Waals surface area contributed by atoms with E-state index in [-0.39, 0.29) is 17.9 Å². The van der Waals surface area contributed by atoms with E-state index in [4.69, 9.17) is 5.11 Å². The zero-order valence-electron chi connectivity index (χ0n) is 11.3. The number of carboxylic acids is 1. The highest BCUT2D eigenvalue weighted by atomic mass is 16.4. The number of aliphatic carboxylic acids is 1. The van der Waals surface area contributed by atoms with Gasteiger partial charge in [-0.3, -0.25) is 9.59 Å². The first-order valence-corrected chi connectivity index (χ1v) is 6.51. The Balaban J connectivity index is 2.39. The monoisotopic (exact) mass is 271 g/mol. The van der Waals surface area contributed by atoms with E-state index in [1.165, 1.54) is 0 Å². The van der Waals surface area contributed by atoms with Crippen LogP contribution in [0.15, 0.2) is 0 Å². The van der Waals surface area contributed by atoms with E-state index in [0.717, 1.165) is 0 Å². The lowest BCUT2D eigenvalue weighted by Gasteiger charge is -2.31. The Morgan fingerprint density at radius 1 is 1.32 bits per heavy atom. The number of urea groups is 1. The molecule has 19 heavy (non-hydrogen) atoms. The van der Waals surface area contributed by atoms with E-state index >= 15 is 0 Å². The number of hydrogen-bond donors (Lipinski definition) is 3. The highest BCUT2D eigenvalue weighted by molar-refractivity contribution is 5.86. The predicted octanol–water partition coefficient (Wildman–Crippen LogP) is 0.0172. The van der Waals surface area contributed by atoms with Crippen molar-refractivity contribution in [2.24, 2.45) is 5.92 Å². The molecule has 1 saturated heterocycles. The van der Waals surface area contributed by atoms with Gasteiger partial charge in [0, 0.05) is 19.6 Å². The van der Waals surface area contributed by atoms with Crippen LogP contribution in [0.3, 0.4) is 0 Å². The molecule has 0 saturated carbocycles. The molecule has 1 rings (SSSR count). The third-order valence-electron chi connectivity index (χ3n) is 3.22. The maximum Gasteiger partial charge on any atom is 0.318 e. The number of carbonyl (C=O) groups excluding carboxylic acids is 2. The van der Waals surface area contributed by atoms with Crippen molar-refractivity contribution < 1.29 is 19.5 Å². The van der Waals surface area contributed by atoms with Gasteiger partial charge in [-0.15, -0.1) is 0 Å². The number of rotatable bonds is 4. The number of piperidine rings is 1. The molecule has 1 fully saturated rings. The number of nitrogens with one attached hydrogen (secondary N) is 2. The standard InChI is InChI=1S/C12H21N3O4/c1-3-13-10(16)8(2)14-12(19)15-6-4-9(5-7-15)11(17)18/h8-9H,3-7H2,1-2H3,(H,13,16)(H,14,19)(H,17,18). The summed E-state index contributed by atoms with van der Waals surface area (Å²) in [5, 5.41) is 14.1. The molecule has 0 radical (unpaired) electrons. The van der Waals surface area contributed by atoms with Gasteiger partial charge in [0.2, 0.25) is 5.91 Å². The third-order valence-corrected chi connectivity index (χ3v) is 3.22. The van der Waals surface area contributed by atoms with Crippen molar-refractivity contribution in [3.63, 3.8) is 0 Å². The van der Waals surface area contributed by atoms with E-state index in [1.807, 2.05) is 6.92 Å². The maximum absolute atomic E-state index is 11.9. The summed E-state index contributed by atoms with van der Waals surface area (Å²) < 4.78 is 0. The van der Waals surface area contributed by atoms with Gasteiger partial charge in [-0.05, 0) is 26.7 Å². The number of carboxylic acid groups (broad SMARTS) is 1. The number of carbonyl (C=O) groups is 3. The molecule has 7 heteroatoms. The summed E-state index contributed by atoms with van der Waals surface area (Å²) >= 11 is 0. The van der Waals surface area contributed by atoms with Crippen LogP contribution >= 0.6 is 0 Å². The first-order valence-electron chi connectivity index (χ1n) is 6.51. The second-order valence-electron chi connectivity index (χ2n) is 4.67. The van der Waals surface area contributed by atoms with Crippen molar-refractivity contribution in [1.82, 2.24) is 15.5 Å². The molecular weight excluding hydrogens is 250 g/mol. The number of likely N-dealkylation sites (N-methyl/N-ethyl adjacent to an activating group) is 1. The van der Waals surface area contributed by atoms with Gasteiger partial charge >= 0.3 is 12.0 Å². The lowest BCUT2D eigenvalue weighted by Crippen LogP contribution is -2.51. The Labute approximate surface area is 112 Å². The van der Waals surface area contributed by atoms with Crippen molar-refractivity contribution in [3.8, 4) is 0 Å². The van der Waals surface area contributed by atoms with Gasteiger partial charge in [0.1, 0.15) is 6.04 Å². The zero-order valence-corrected chi connectivity index (χ0v) is 11.3. The van der Waals surface area contributed by atoms with E-state index in [0.29, 0.717) is 32.5 Å². The number of likely N-dealkylation sites (tertiary alicyclic amines) is 1. The summed E-state index contributed by atoms with van der Waals surface area (Å²) in [5.41, 5.74) is 0. The summed E-state index contributed by atoms with van der Waals surface area (Å²) in [6.45, 7) is 4.76. The number of hydrogen-bond acceptors (Lipinski definition) is 3. The Morgan fingerprint density at radius 3 is 2.37 bits per heavy atom. The Hall–Kier alpha value is -1.79. The fourth-order valence-corrected chi connectivity index (χ4v) is 2.00. The Bertz CT molecular complexity index is 351. The lowest BCUT2D eigenvalue weighted by atomic mass is 9.97. The quantitative estimate of drug-likeness (QED) is 0.671. The summed E-state index contributed by atoms with van der Waals surface area (Å²) in [4.78, 5) is 35.7. The molecule has 3 N–H and O–H groups in total. The molecule has 1 aliphatic rings. The second kappa shape index (κ2) is 6.96. The Morgan fingerprint density at radius 2 is 1.89 bits per heavy atom. The van der Waals surface area contributed by atoms with Gasteiger partial charge in [-0.25, -0.2) is 4.79 Å². The minimum atomic E-state index is -0.809. The van der Waals surface area contributed by atoms with Gasteiger partial charge in [0.05, 0.1) is 5.92 Å². The van der Waals surface area contributed by atoms with E-state index < -0.39 is 12.0 Å². The molecule has 0 aromatic heterocycles. The highest BCUT2D eigenvalue weighted by Crippen LogP contribution is 2.17. The number of amides is 3. The lowest BCUT2D eigenvalue weighted by molar-refractivity contribution is -0.143. The maximum atomic E-state index is 11.9. The van der Waals surface area contributed by atoms with Crippen LogP contribution in [0, 0.1) is 5.92 Å². The molecule has 0 aromatic rings. The van der Waals surface area contributed by atoms with Crippen LogP contribution in [0.2, 0.25) is 0 Å². The van der Waals surface area contributed by atoms with Crippen LogP contribution in [0.1, 0.15) is 26.7 Å². The minimum Gasteiger partial charge on any atom is -0.481 e. The van der Waals surface area contributed by atoms with Crippen molar-refractivity contribution >= 4 is 17.9 Å². The molecule has 7 nitrogen and oxygen atoms in total. The Kier molecular flexibility index (Phi) is 5.59. The van der Waals surface area contributed by atoms with E-state index in [9.17, 15) is 14.4 Å². The van der Waals surface area contributed by atoms with E-state index in [1.54, 1.807) is 11.8 Å². The van der Waals surface area contributed by atoms with Crippen molar-refractivity contribution in [3.05, 3.63) is 0 Å². The molecular formula is C12H21N3O4. The van der Waals surface area contributed by atoms with Crippen LogP contribution in [-0.4, -0.2) is 53.6 Å². The van der Waals surface area contributed by atoms with Crippen LogP contribution in [0.25, 0.3) is 0 Å². The van der Waals surface area contributed by atoms with Crippen molar-refractivity contribution in [2.45, 2.75) is 32.7 Å². The van der Waals surface area contributed by atoms with Gasteiger partial charge in [-0.2, -0.15) is 0 Å². The largest absolute Gasteiger partial charge is 0.481 e. The molecule has 1 aliphatic heterocycles. The van der Waals surface area contributed by atoms with Crippen LogP contribution in [0.5, 0.6) is 0 Å². The van der Waals surface area contributed by atoms with Crippen molar-refractivity contribution in [2.75, 3.05) is 19.6 Å². The molecule has 0 aromatic carbocycles. The van der Waals surface area contributed by atoms with Gasteiger partial charge in [-0.1, -0.05) is 0 Å². The first-order chi connectivity index (χ1) is 8.95. The van der Waals surface area contributed by atoms with E-state index in [2.05, 4.69) is 10.6 Å². The molecule has 1 heterocycles. The number of nitrogens with zero attached hydrogens (tertiary/aromatic N) is 1. The third kappa shape index (κ3) is 4.42. The van der Waals surface area contributed by atoms with Crippen LogP contribution < -0.4 is 10.6 Å². The average molecular weight is 271 g/mol. The molecule has 0 spiro atoms. The normalized spacial score (nSPS) is 17.7. The molecule has 0 aliphatic carbocycles. The summed E-state index contributed by atoms with van der Waals surface area (Å²) in [5.74, 6) is -1.41. The molecule has 1 unspecified atom stereocenters. The van der Waals surface area contributed by atoms with Gasteiger partial charge in [0.25, 0.3) is 0 Å². The second-order valence-corrected chi connectivity index (χ2v) is 4.67. The smallest absolute Gasteiger partial charge is 0.318 e. The summed E-state index contributed by atoms with van der Waals surface area (Å²) in [6, 6.07) is -0.910. The minimum absolute atomic E-state index is 0.226. The fraction of sp³-hybridized carbons (Fsp3) is 0.750. The molecule has 108 valence electrons. The van der Waals surface area contributed by atoms with Crippen LogP contribution in [0.4, 0.5) is 4.79 Å². The highest BCUT2D eigenvalue weighted by Gasteiger charge is 2.28.